The lowest BCUT2D eigenvalue weighted by Crippen LogP contribution is -2.19. The number of ether oxygens (including phenoxy) is 1. The van der Waals surface area contributed by atoms with Gasteiger partial charge in [0.1, 0.15) is 11.4 Å². The van der Waals surface area contributed by atoms with Gasteiger partial charge in [0.05, 0.1) is 18.0 Å². The van der Waals surface area contributed by atoms with E-state index in [1.54, 1.807) is 0 Å². The van der Waals surface area contributed by atoms with Crippen molar-refractivity contribution in [2.24, 2.45) is 0 Å². The van der Waals surface area contributed by atoms with E-state index in [9.17, 15) is 4.79 Å². The minimum atomic E-state index is -0.313. The molecule has 2 heterocycles. The molecule has 6 nitrogen and oxygen atoms in total. The van der Waals surface area contributed by atoms with E-state index < -0.39 is 0 Å². The first kappa shape index (κ1) is 20.5. The number of nitrogens with zero attached hydrogens (tertiary/aromatic N) is 2. The quantitative estimate of drug-likeness (QED) is 0.357. The van der Waals surface area contributed by atoms with Crippen molar-refractivity contribution in [1.29, 1.82) is 0 Å². The Bertz CT molecular complexity index is 1180. The maximum atomic E-state index is 12.6. The summed E-state index contributed by atoms with van der Waals surface area (Å²) in [4.78, 5) is 17.4. The second-order valence-electron chi connectivity index (χ2n) is 7.40. The van der Waals surface area contributed by atoms with Crippen molar-refractivity contribution in [2.75, 3.05) is 17.2 Å². The first-order valence-electron chi connectivity index (χ1n) is 10.5. The van der Waals surface area contributed by atoms with Crippen LogP contribution in [-0.4, -0.2) is 22.0 Å². The number of urea groups is 1. The van der Waals surface area contributed by atoms with Crippen LogP contribution in [0.5, 0.6) is 5.75 Å². The Morgan fingerprint density at radius 1 is 1.03 bits per heavy atom. The van der Waals surface area contributed by atoms with Crippen molar-refractivity contribution in [3.63, 3.8) is 0 Å². The summed E-state index contributed by atoms with van der Waals surface area (Å²) >= 11 is 0. The highest BCUT2D eigenvalue weighted by molar-refractivity contribution is 6.02. The van der Waals surface area contributed by atoms with Gasteiger partial charge in [0.2, 0.25) is 0 Å². The first-order chi connectivity index (χ1) is 15.1. The van der Waals surface area contributed by atoms with Crippen molar-refractivity contribution in [1.82, 2.24) is 9.38 Å². The van der Waals surface area contributed by atoms with E-state index in [1.165, 1.54) is 0 Å². The molecule has 0 bridgehead atoms. The zero-order valence-electron chi connectivity index (χ0n) is 17.8. The van der Waals surface area contributed by atoms with Gasteiger partial charge < -0.3 is 19.8 Å². The number of imidazole rings is 1. The van der Waals surface area contributed by atoms with Crippen LogP contribution < -0.4 is 15.4 Å². The molecule has 0 fully saturated rings. The molecule has 0 saturated carbocycles. The molecule has 0 atom stereocenters. The Hall–Kier alpha value is -3.80. The standard InChI is InChI=1S/C25H26N4O2/c1-3-4-16-31-20-13-11-19(12-14-20)26-25(30)28-22-10-6-5-9-21(22)23-17-29-15-7-8-18(2)24(29)27-23/h5-15,17H,3-4,16H2,1-2H3,(H2,26,28,30). The van der Waals surface area contributed by atoms with E-state index in [0.717, 1.165) is 41.1 Å². The van der Waals surface area contributed by atoms with Crippen LogP contribution in [0.15, 0.2) is 73.1 Å². The predicted molar refractivity (Wildman–Crippen MR) is 125 cm³/mol. The third-order valence-corrected chi connectivity index (χ3v) is 5.01. The molecule has 0 saturated heterocycles. The molecule has 0 aliphatic carbocycles. The lowest BCUT2D eigenvalue weighted by atomic mass is 10.1. The topological polar surface area (TPSA) is 67.7 Å². The maximum Gasteiger partial charge on any atom is 0.323 e. The van der Waals surface area contributed by atoms with E-state index in [0.29, 0.717) is 18.0 Å². The van der Waals surface area contributed by atoms with Gasteiger partial charge in [-0.1, -0.05) is 37.6 Å². The van der Waals surface area contributed by atoms with Crippen LogP contribution in [0.3, 0.4) is 0 Å². The first-order valence-corrected chi connectivity index (χ1v) is 10.5. The molecule has 2 amide bonds. The zero-order valence-corrected chi connectivity index (χ0v) is 17.8. The molecule has 158 valence electrons. The summed E-state index contributed by atoms with van der Waals surface area (Å²) < 4.78 is 7.65. The minimum Gasteiger partial charge on any atom is -0.494 e. The minimum absolute atomic E-state index is 0.313. The van der Waals surface area contributed by atoms with Crippen LogP contribution in [0.25, 0.3) is 16.9 Å². The number of carbonyl (C=O) groups is 1. The number of rotatable bonds is 7. The van der Waals surface area contributed by atoms with E-state index in [4.69, 9.17) is 9.72 Å². The van der Waals surface area contributed by atoms with Crippen LogP contribution in [0.1, 0.15) is 25.3 Å². The van der Waals surface area contributed by atoms with Gasteiger partial charge in [0.25, 0.3) is 0 Å². The molecule has 6 heteroatoms. The number of benzene rings is 2. The number of pyridine rings is 1. The highest BCUT2D eigenvalue weighted by Gasteiger charge is 2.12. The molecule has 31 heavy (non-hydrogen) atoms. The van der Waals surface area contributed by atoms with Crippen molar-refractivity contribution in [3.05, 3.63) is 78.6 Å². The molecule has 2 aromatic carbocycles. The molecule has 2 N–H and O–H groups in total. The lowest BCUT2D eigenvalue weighted by Gasteiger charge is -2.11. The fourth-order valence-corrected chi connectivity index (χ4v) is 3.35. The highest BCUT2D eigenvalue weighted by Crippen LogP contribution is 2.28. The number of para-hydroxylation sites is 1. The number of aromatic nitrogens is 2. The molecule has 4 aromatic rings. The summed E-state index contributed by atoms with van der Waals surface area (Å²) in [5.74, 6) is 0.798. The molecular formula is C25H26N4O2. The summed E-state index contributed by atoms with van der Waals surface area (Å²) in [6, 6.07) is 18.7. The van der Waals surface area contributed by atoms with Crippen molar-refractivity contribution >= 4 is 23.1 Å². The maximum absolute atomic E-state index is 12.6. The molecule has 2 aromatic heterocycles. The second-order valence-corrected chi connectivity index (χ2v) is 7.40. The van der Waals surface area contributed by atoms with Gasteiger partial charge in [-0.2, -0.15) is 0 Å². The average molecular weight is 415 g/mol. The average Bonchev–Trinajstić information content (AvgIpc) is 3.21. The molecule has 0 unspecified atom stereocenters. The van der Waals surface area contributed by atoms with Crippen LogP contribution in [0.4, 0.5) is 16.2 Å². The molecular weight excluding hydrogens is 388 g/mol. The summed E-state index contributed by atoms with van der Waals surface area (Å²) in [5, 5.41) is 5.81. The molecule has 0 aliphatic heterocycles. The largest absolute Gasteiger partial charge is 0.494 e. The van der Waals surface area contributed by atoms with E-state index in [1.807, 2.05) is 84.4 Å². The fraction of sp³-hybridized carbons (Fsp3) is 0.200. The van der Waals surface area contributed by atoms with Crippen LogP contribution in [0.2, 0.25) is 0 Å². The zero-order chi connectivity index (χ0) is 21.6. The van der Waals surface area contributed by atoms with Crippen LogP contribution in [0, 0.1) is 6.92 Å². The Kier molecular flexibility index (Phi) is 6.17. The SMILES string of the molecule is CCCCOc1ccc(NC(=O)Nc2ccccc2-c2cn3cccc(C)c3n2)cc1. The Balaban J connectivity index is 1.47. The Labute approximate surface area is 181 Å². The van der Waals surface area contributed by atoms with Crippen molar-refractivity contribution in [2.45, 2.75) is 26.7 Å². The molecule has 0 radical (unpaired) electrons. The van der Waals surface area contributed by atoms with Gasteiger partial charge in [-0.05, 0) is 55.3 Å². The summed E-state index contributed by atoms with van der Waals surface area (Å²) in [7, 11) is 0. The van der Waals surface area contributed by atoms with Gasteiger partial charge in [-0.3, -0.25) is 0 Å². The number of hydrogen-bond acceptors (Lipinski definition) is 3. The van der Waals surface area contributed by atoms with Gasteiger partial charge >= 0.3 is 6.03 Å². The smallest absolute Gasteiger partial charge is 0.323 e. The number of hydrogen-bond donors (Lipinski definition) is 2. The van der Waals surface area contributed by atoms with Crippen LogP contribution in [-0.2, 0) is 0 Å². The molecule has 0 aliphatic rings. The summed E-state index contributed by atoms with van der Waals surface area (Å²) in [5.41, 5.74) is 5.05. The normalized spacial score (nSPS) is 10.8. The molecule has 0 spiro atoms. The Morgan fingerprint density at radius 3 is 2.61 bits per heavy atom. The predicted octanol–water partition coefficient (Wildman–Crippen LogP) is 6.13. The van der Waals surface area contributed by atoms with Gasteiger partial charge in [-0.15, -0.1) is 0 Å². The van der Waals surface area contributed by atoms with Crippen LogP contribution >= 0.6 is 0 Å². The summed E-state index contributed by atoms with van der Waals surface area (Å²) in [6.45, 7) is 4.86. The number of amides is 2. The molecule has 4 rings (SSSR count). The van der Waals surface area contributed by atoms with Gasteiger partial charge in [0, 0.05) is 23.6 Å². The number of fused-ring (bicyclic) bond motifs is 1. The number of carbonyl (C=O) groups excluding carboxylic acids is 1. The number of nitrogens with one attached hydrogen (secondary N) is 2. The number of anilines is 2. The number of aryl methyl sites for hydroxylation is 1. The summed E-state index contributed by atoms with van der Waals surface area (Å²) in [6.07, 6.45) is 6.05. The third kappa shape index (κ3) is 4.86. The van der Waals surface area contributed by atoms with E-state index >= 15 is 0 Å². The van der Waals surface area contributed by atoms with E-state index in [-0.39, 0.29) is 6.03 Å². The lowest BCUT2D eigenvalue weighted by molar-refractivity contribution is 0.262. The van der Waals surface area contributed by atoms with Gasteiger partial charge in [-0.25, -0.2) is 9.78 Å². The Morgan fingerprint density at radius 2 is 1.84 bits per heavy atom. The van der Waals surface area contributed by atoms with Gasteiger partial charge in [0.15, 0.2) is 0 Å². The fourth-order valence-electron chi connectivity index (χ4n) is 3.35. The van der Waals surface area contributed by atoms with E-state index in [2.05, 4.69) is 17.6 Å². The highest BCUT2D eigenvalue weighted by atomic mass is 16.5. The van der Waals surface area contributed by atoms with Crippen molar-refractivity contribution < 1.29 is 9.53 Å². The van der Waals surface area contributed by atoms with Crippen molar-refractivity contribution in [3.8, 4) is 17.0 Å². The second kappa shape index (κ2) is 9.34. The third-order valence-electron chi connectivity index (χ3n) is 5.01. The number of unbranched alkanes of at least 4 members (excludes halogenated alkanes) is 1. The monoisotopic (exact) mass is 414 g/mol.